The fourth-order valence-corrected chi connectivity index (χ4v) is 3.52. The molecule has 5 nitrogen and oxygen atoms in total. The number of hydrogen-bond donors (Lipinski definition) is 2. The van der Waals surface area contributed by atoms with E-state index in [4.69, 9.17) is 0 Å². The van der Waals surface area contributed by atoms with Crippen LogP contribution in [0.15, 0.2) is 48.5 Å². The van der Waals surface area contributed by atoms with Gasteiger partial charge in [-0.1, -0.05) is 48.9 Å². The van der Waals surface area contributed by atoms with Gasteiger partial charge in [0.1, 0.15) is 0 Å². The number of nitrogens with one attached hydrogen (secondary N) is 2. The van der Waals surface area contributed by atoms with E-state index in [9.17, 15) is 9.59 Å². The van der Waals surface area contributed by atoms with Crippen molar-refractivity contribution in [1.82, 2.24) is 10.2 Å². The van der Waals surface area contributed by atoms with Crippen molar-refractivity contribution >= 4 is 17.5 Å². The third-order valence-electron chi connectivity index (χ3n) is 5.19. The standard InChI is InChI=1S/C23H29N3O2/c1-17-9-11-19(12-10-17)14-25-23(28)20-7-3-4-8-21(20)24-15-22(27)26-13-5-6-18(2)16-26/h3-4,7-12,18,24H,5-6,13-16H2,1-2H3,(H,25,28). The van der Waals surface area contributed by atoms with Crippen molar-refractivity contribution in [3.63, 3.8) is 0 Å². The Labute approximate surface area is 167 Å². The molecule has 0 radical (unpaired) electrons. The van der Waals surface area contributed by atoms with Crippen LogP contribution in [0.25, 0.3) is 0 Å². The number of carbonyl (C=O) groups excluding carboxylic acids is 2. The summed E-state index contributed by atoms with van der Waals surface area (Å²) in [6.45, 7) is 6.53. The maximum absolute atomic E-state index is 12.6. The van der Waals surface area contributed by atoms with Gasteiger partial charge in [0, 0.05) is 25.3 Å². The Morgan fingerprint density at radius 1 is 1.11 bits per heavy atom. The number of piperidine rings is 1. The average Bonchev–Trinajstić information content (AvgIpc) is 2.71. The summed E-state index contributed by atoms with van der Waals surface area (Å²) in [5, 5.41) is 6.12. The summed E-state index contributed by atoms with van der Waals surface area (Å²) in [7, 11) is 0. The number of carbonyl (C=O) groups is 2. The Kier molecular flexibility index (Phi) is 6.69. The molecule has 1 unspecified atom stereocenters. The first-order chi connectivity index (χ1) is 13.5. The lowest BCUT2D eigenvalue weighted by molar-refractivity contribution is -0.130. The molecule has 2 aromatic rings. The van der Waals surface area contributed by atoms with E-state index in [1.54, 1.807) is 6.07 Å². The highest BCUT2D eigenvalue weighted by Gasteiger charge is 2.21. The number of amides is 2. The van der Waals surface area contributed by atoms with Gasteiger partial charge in [0.25, 0.3) is 5.91 Å². The van der Waals surface area contributed by atoms with Crippen molar-refractivity contribution in [3.8, 4) is 0 Å². The van der Waals surface area contributed by atoms with Crippen LogP contribution in [0, 0.1) is 12.8 Å². The Bertz CT molecular complexity index is 817. The van der Waals surface area contributed by atoms with Gasteiger partial charge in [-0.05, 0) is 43.4 Å². The zero-order valence-electron chi connectivity index (χ0n) is 16.7. The van der Waals surface area contributed by atoms with Crippen LogP contribution in [0.2, 0.25) is 0 Å². The van der Waals surface area contributed by atoms with E-state index in [2.05, 4.69) is 17.6 Å². The molecule has 1 fully saturated rings. The van der Waals surface area contributed by atoms with Crippen molar-refractivity contribution in [2.45, 2.75) is 33.2 Å². The zero-order valence-corrected chi connectivity index (χ0v) is 16.7. The topological polar surface area (TPSA) is 61.4 Å². The molecule has 1 aliphatic heterocycles. The molecule has 28 heavy (non-hydrogen) atoms. The molecule has 2 aromatic carbocycles. The molecule has 1 atom stereocenters. The van der Waals surface area contributed by atoms with Crippen molar-refractivity contribution in [2.75, 3.05) is 25.0 Å². The molecule has 2 amide bonds. The monoisotopic (exact) mass is 379 g/mol. The third-order valence-corrected chi connectivity index (χ3v) is 5.19. The predicted octanol–water partition coefficient (Wildman–Crippen LogP) is 3.60. The molecule has 0 spiro atoms. The first-order valence-electron chi connectivity index (χ1n) is 9.97. The number of aryl methyl sites for hydroxylation is 1. The van der Waals surface area contributed by atoms with Crippen molar-refractivity contribution in [1.29, 1.82) is 0 Å². The van der Waals surface area contributed by atoms with Gasteiger partial charge in [-0.15, -0.1) is 0 Å². The lowest BCUT2D eigenvalue weighted by Gasteiger charge is -2.31. The fourth-order valence-electron chi connectivity index (χ4n) is 3.52. The minimum atomic E-state index is -0.150. The van der Waals surface area contributed by atoms with Crippen molar-refractivity contribution in [3.05, 3.63) is 65.2 Å². The second-order valence-corrected chi connectivity index (χ2v) is 7.65. The smallest absolute Gasteiger partial charge is 0.253 e. The summed E-state index contributed by atoms with van der Waals surface area (Å²) in [6, 6.07) is 15.4. The molecule has 5 heteroatoms. The highest BCUT2D eigenvalue weighted by Crippen LogP contribution is 2.17. The van der Waals surface area contributed by atoms with Crippen LogP contribution in [-0.4, -0.2) is 36.3 Å². The van der Waals surface area contributed by atoms with Gasteiger partial charge in [-0.2, -0.15) is 0 Å². The van der Waals surface area contributed by atoms with Crippen molar-refractivity contribution in [2.24, 2.45) is 5.92 Å². The number of likely N-dealkylation sites (tertiary alicyclic amines) is 1. The minimum absolute atomic E-state index is 0.0846. The lowest BCUT2D eigenvalue weighted by atomic mass is 10.0. The van der Waals surface area contributed by atoms with Crippen LogP contribution in [-0.2, 0) is 11.3 Å². The van der Waals surface area contributed by atoms with Crippen molar-refractivity contribution < 1.29 is 9.59 Å². The molecule has 0 bridgehead atoms. The molecule has 1 saturated heterocycles. The first-order valence-corrected chi connectivity index (χ1v) is 9.97. The summed E-state index contributed by atoms with van der Waals surface area (Å²) in [5.41, 5.74) is 3.48. The Hall–Kier alpha value is -2.82. The molecule has 148 valence electrons. The quantitative estimate of drug-likeness (QED) is 0.806. The molecule has 1 heterocycles. The minimum Gasteiger partial charge on any atom is -0.376 e. The number of nitrogens with zero attached hydrogens (tertiary/aromatic N) is 1. The predicted molar refractivity (Wildman–Crippen MR) is 112 cm³/mol. The van der Waals surface area contributed by atoms with Crippen LogP contribution in [0.3, 0.4) is 0 Å². The lowest BCUT2D eigenvalue weighted by Crippen LogP contribution is -2.42. The first kappa shape index (κ1) is 19.9. The van der Waals surface area contributed by atoms with Crippen LogP contribution in [0.1, 0.15) is 41.3 Å². The van der Waals surface area contributed by atoms with Crippen LogP contribution in [0.4, 0.5) is 5.69 Å². The van der Waals surface area contributed by atoms with Crippen LogP contribution >= 0.6 is 0 Å². The molecule has 0 aliphatic carbocycles. The number of para-hydroxylation sites is 1. The third kappa shape index (κ3) is 5.35. The zero-order chi connectivity index (χ0) is 19.9. The van der Waals surface area contributed by atoms with E-state index in [1.807, 2.05) is 54.3 Å². The largest absolute Gasteiger partial charge is 0.376 e. The Morgan fingerprint density at radius 2 is 1.86 bits per heavy atom. The van der Waals surface area contributed by atoms with E-state index >= 15 is 0 Å². The van der Waals surface area contributed by atoms with E-state index < -0.39 is 0 Å². The summed E-state index contributed by atoms with van der Waals surface area (Å²) < 4.78 is 0. The highest BCUT2D eigenvalue weighted by atomic mass is 16.2. The number of hydrogen-bond acceptors (Lipinski definition) is 3. The van der Waals surface area contributed by atoms with E-state index in [0.29, 0.717) is 23.7 Å². The summed E-state index contributed by atoms with van der Waals surface area (Å²) >= 11 is 0. The van der Waals surface area contributed by atoms with Crippen LogP contribution in [0.5, 0.6) is 0 Å². The van der Waals surface area contributed by atoms with Gasteiger partial charge >= 0.3 is 0 Å². The maximum atomic E-state index is 12.6. The second-order valence-electron chi connectivity index (χ2n) is 7.65. The second kappa shape index (κ2) is 9.40. The molecule has 3 rings (SSSR count). The van der Waals surface area contributed by atoms with E-state index in [1.165, 1.54) is 12.0 Å². The highest BCUT2D eigenvalue weighted by molar-refractivity contribution is 6.00. The van der Waals surface area contributed by atoms with Crippen LogP contribution < -0.4 is 10.6 Å². The molecule has 0 saturated carbocycles. The number of anilines is 1. The average molecular weight is 380 g/mol. The molecule has 2 N–H and O–H groups in total. The summed E-state index contributed by atoms with van der Waals surface area (Å²) in [6.07, 6.45) is 2.24. The molecular weight excluding hydrogens is 350 g/mol. The number of benzene rings is 2. The normalized spacial score (nSPS) is 16.5. The molecule has 0 aromatic heterocycles. The van der Waals surface area contributed by atoms with Gasteiger partial charge in [-0.3, -0.25) is 9.59 Å². The molecule has 1 aliphatic rings. The SMILES string of the molecule is Cc1ccc(CNC(=O)c2ccccc2NCC(=O)N2CCCC(C)C2)cc1. The molecular formula is C23H29N3O2. The Morgan fingerprint density at radius 3 is 2.61 bits per heavy atom. The van der Waals surface area contributed by atoms with Gasteiger partial charge in [0.2, 0.25) is 5.91 Å². The van der Waals surface area contributed by atoms with Gasteiger partial charge < -0.3 is 15.5 Å². The maximum Gasteiger partial charge on any atom is 0.253 e. The van der Waals surface area contributed by atoms with Gasteiger partial charge in [0.15, 0.2) is 0 Å². The summed E-state index contributed by atoms with van der Waals surface area (Å²) in [4.78, 5) is 27.1. The van der Waals surface area contributed by atoms with E-state index in [-0.39, 0.29) is 18.4 Å². The van der Waals surface area contributed by atoms with Gasteiger partial charge in [0.05, 0.1) is 12.1 Å². The van der Waals surface area contributed by atoms with E-state index in [0.717, 1.165) is 25.1 Å². The summed E-state index contributed by atoms with van der Waals surface area (Å²) in [5.74, 6) is 0.488. The fraction of sp³-hybridized carbons (Fsp3) is 0.391. The Balaban J connectivity index is 1.58. The van der Waals surface area contributed by atoms with Gasteiger partial charge in [-0.25, -0.2) is 0 Å². The number of rotatable bonds is 6.